The van der Waals surface area contributed by atoms with Crippen LogP contribution >= 0.6 is 15.9 Å². The minimum atomic E-state index is -4.20. The second kappa shape index (κ2) is 5.73. The lowest BCUT2D eigenvalue weighted by molar-refractivity contribution is -0.132. The van der Waals surface area contributed by atoms with Crippen molar-refractivity contribution in [2.75, 3.05) is 18.5 Å². The van der Waals surface area contributed by atoms with Crippen molar-refractivity contribution in [1.29, 1.82) is 0 Å². The third kappa shape index (κ3) is 4.33. The summed E-state index contributed by atoms with van der Waals surface area (Å²) < 4.78 is 37.2. The summed E-state index contributed by atoms with van der Waals surface area (Å²) in [6, 6.07) is 4.94. The molecule has 1 rings (SSSR count). The maximum Gasteiger partial charge on any atom is 0.390 e. The van der Waals surface area contributed by atoms with E-state index in [1.54, 1.807) is 25.2 Å². The van der Waals surface area contributed by atoms with Crippen molar-refractivity contribution in [2.45, 2.75) is 19.5 Å². The lowest BCUT2D eigenvalue weighted by Crippen LogP contribution is -2.25. The summed E-state index contributed by atoms with van der Waals surface area (Å²) >= 11 is 3.24. The van der Waals surface area contributed by atoms with E-state index in [2.05, 4.69) is 15.9 Å². The predicted molar refractivity (Wildman–Crippen MR) is 68.1 cm³/mol. The molecule has 0 aliphatic heterocycles. The molecule has 2 nitrogen and oxygen atoms in total. The highest BCUT2D eigenvalue weighted by molar-refractivity contribution is 9.10. The number of Topliss-reactive ketones (excluding diaryl/α,β-unsaturated/α-hetero) is 1. The molecule has 0 aliphatic rings. The van der Waals surface area contributed by atoms with Gasteiger partial charge in [-0.2, -0.15) is 13.2 Å². The van der Waals surface area contributed by atoms with E-state index in [9.17, 15) is 18.0 Å². The highest BCUT2D eigenvalue weighted by Gasteiger charge is 2.27. The van der Waals surface area contributed by atoms with Gasteiger partial charge in [-0.3, -0.25) is 4.79 Å². The molecule has 0 heterocycles. The summed E-state index contributed by atoms with van der Waals surface area (Å²) in [5, 5.41) is 0. The molecule has 0 unspecified atom stereocenters. The monoisotopic (exact) mass is 323 g/mol. The van der Waals surface area contributed by atoms with Crippen molar-refractivity contribution < 1.29 is 18.0 Å². The predicted octanol–water partition coefficient (Wildman–Crippen LogP) is 4.04. The summed E-state index contributed by atoms with van der Waals surface area (Å²) in [7, 11) is 1.54. The van der Waals surface area contributed by atoms with Crippen LogP contribution in [0.3, 0.4) is 0 Å². The van der Waals surface area contributed by atoms with Gasteiger partial charge >= 0.3 is 6.18 Å². The SMILES string of the molecule is CC(=O)c1ccc(Br)cc1N(C)CCC(F)(F)F. The van der Waals surface area contributed by atoms with Crippen molar-refractivity contribution in [3.63, 3.8) is 0 Å². The molecule has 0 atom stereocenters. The van der Waals surface area contributed by atoms with Gasteiger partial charge in [-0.15, -0.1) is 0 Å². The van der Waals surface area contributed by atoms with Gasteiger partial charge in [-0.1, -0.05) is 15.9 Å². The lowest BCUT2D eigenvalue weighted by Gasteiger charge is -2.22. The van der Waals surface area contributed by atoms with Crippen LogP contribution in [-0.2, 0) is 0 Å². The number of halogens is 4. The zero-order valence-corrected chi connectivity index (χ0v) is 11.6. The Kier molecular flexibility index (Phi) is 4.78. The van der Waals surface area contributed by atoms with Crippen molar-refractivity contribution in [1.82, 2.24) is 0 Å². The first-order valence-corrected chi connectivity index (χ1v) is 6.08. The van der Waals surface area contributed by atoms with Crippen molar-refractivity contribution in [3.8, 4) is 0 Å². The fraction of sp³-hybridized carbons (Fsp3) is 0.417. The fourth-order valence-corrected chi connectivity index (χ4v) is 1.88. The highest BCUT2D eigenvalue weighted by Crippen LogP contribution is 2.27. The Balaban J connectivity index is 2.93. The number of anilines is 1. The summed E-state index contributed by atoms with van der Waals surface area (Å²) in [4.78, 5) is 12.9. The standard InChI is InChI=1S/C12H13BrF3NO/c1-8(18)10-4-3-9(13)7-11(10)17(2)6-5-12(14,15)16/h3-4,7H,5-6H2,1-2H3. The minimum Gasteiger partial charge on any atom is -0.374 e. The molecule has 0 saturated heterocycles. The van der Waals surface area contributed by atoms with E-state index in [0.29, 0.717) is 11.3 Å². The molecule has 1 aromatic rings. The number of alkyl halides is 3. The third-order valence-electron chi connectivity index (χ3n) is 2.48. The van der Waals surface area contributed by atoms with Gasteiger partial charge < -0.3 is 4.90 Å². The van der Waals surface area contributed by atoms with Crippen LogP contribution in [0, 0.1) is 0 Å². The number of carbonyl (C=O) groups excluding carboxylic acids is 1. The topological polar surface area (TPSA) is 20.3 Å². The molecular formula is C12H13BrF3NO. The first kappa shape index (κ1) is 15.0. The third-order valence-corrected chi connectivity index (χ3v) is 2.97. The molecule has 0 saturated carbocycles. The second-order valence-corrected chi connectivity index (χ2v) is 4.92. The average Bonchev–Trinajstić information content (AvgIpc) is 2.24. The number of ketones is 1. The Hall–Kier alpha value is -1.04. The molecule has 0 radical (unpaired) electrons. The van der Waals surface area contributed by atoms with Crippen LogP contribution in [0.1, 0.15) is 23.7 Å². The molecule has 0 bridgehead atoms. The summed E-state index contributed by atoms with van der Waals surface area (Å²) in [6.45, 7) is 1.21. The molecule has 0 fully saturated rings. The molecule has 0 N–H and O–H groups in total. The fourth-order valence-electron chi connectivity index (χ4n) is 1.53. The molecule has 0 amide bonds. The van der Waals surface area contributed by atoms with Gasteiger partial charge in [-0.25, -0.2) is 0 Å². The normalized spacial score (nSPS) is 11.4. The van der Waals surface area contributed by atoms with Gasteiger partial charge in [0.1, 0.15) is 0 Å². The second-order valence-electron chi connectivity index (χ2n) is 4.00. The van der Waals surface area contributed by atoms with Crippen LogP contribution in [0.5, 0.6) is 0 Å². The van der Waals surface area contributed by atoms with Crippen LogP contribution in [-0.4, -0.2) is 25.6 Å². The van der Waals surface area contributed by atoms with Gasteiger partial charge in [0.15, 0.2) is 5.78 Å². The van der Waals surface area contributed by atoms with Gasteiger partial charge in [-0.05, 0) is 25.1 Å². The first-order chi connectivity index (χ1) is 8.20. The smallest absolute Gasteiger partial charge is 0.374 e. The minimum absolute atomic E-state index is 0.170. The number of benzene rings is 1. The largest absolute Gasteiger partial charge is 0.390 e. The van der Waals surface area contributed by atoms with Crippen molar-refractivity contribution in [2.24, 2.45) is 0 Å². The van der Waals surface area contributed by atoms with Crippen molar-refractivity contribution >= 4 is 27.4 Å². The number of hydrogen-bond acceptors (Lipinski definition) is 2. The van der Waals surface area contributed by atoms with Crippen LogP contribution in [0.2, 0.25) is 0 Å². The molecule has 0 aliphatic carbocycles. The van der Waals surface area contributed by atoms with Crippen LogP contribution in [0.4, 0.5) is 18.9 Å². The van der Waals surface area contributed by atoms with E-state index in [4.69, 9.17) is 0 Å². The van der Waals surface area contributed by atoms with E-state index in [1.165, 1.54) is 11.8 Å². The molecule has 100 valence electrons. The lowest BCUT2D eigenvalue weighted by atomic mass is 10.1. The van der Waals surface area contributed by atoms with E-state index >= 15 is 0 Å². The quantitative estimate of drug-likeness (QED) is 0.779. The molecule has 1 aromatic carbocycles. The number of rotatable bonds is 4. The Bertz CT molecular complexity index is 445. The van der Waals surface area contributed by atoms with E-state index < -0.39 is 12.6 Å². The summed E-state index contributed by atoms with van der Waals surface area (Å²) in [6.07, 6.45) is -5.11. The van der Waals surface area contributed by atoms with Gasteiger partial charge in [0.2, 0.25) is 0 Å². The maximum atomic E-state index is 12.2. The Morgan fingerprint density at radius 3 is 2.50 bits per heavy atom. The van der Waals surface area contributed by atoms with Crippen LogP contribution in [0.25, 0.3) is 0 Å². The summed E-state index contributed by atoms with van der Waals surface area (Å²) in [5.74, 6) is -0.170. The zero-order valence-electron chi connectivity index (χ0n) is 10.0. The van der Waals surface area contributed by atoms with Gasteiger partial charge in [0.25, 0.3) is 0 Å². The molecule has 0 aromatic heterocycles. The number of nitrogens with zero attached hydrogens (tertiary/aromatic N) is 1. The van der Waals surface area contributed by atoms with Crippen LogP contribution in [0.15, 0.2) is 22.7 Å². The van der Waals surface area contributed by atoms with Gasteiger partial charge in [0, 0.05) is 29.3 Å². The van der Waals surface area contributed by atoms with E-state index in [0.717, 1.165) is 4.47 Å². The number of carbonyl (C=O) groups is 1. The summed E-state index contributed by atoms with van der Waals surface area (Å²) in [5.41, 5.74) is 0.920. The van der Waals surface area contributed by atoms with Gasteiger partial charge in [0.05, 0.1) is 6.42 Å². The van der Waals surface area contributed by atoms with E-state index in [-0.39, 0.29) is 12.3 Å². The average molecular weight is 324 g/mol. The molecule has 0 spiro atoms. The Morgan fingerprint density at radius 1 is 1.39 bits per heavy atom. The Morgan fingerprint density at radius 2 is 2.00 bits per heavy atom. The maximum absolute atomic E-state index is 12.2. The first-order valence-electron chi connectivity index (χ1n) is 5.29. The van der Waals surface area contributed by atoms with E-state index in [1.807, 2.05) is 0 Å². The highest BCUT2D eigenvalue weighted by atomic mass is 79.9. The Labute approximate surface area is 112 Å². The molecule has 18 heavy (non-hydrogen) atoms. The van der Waals surface area contributed by atoms with Crippen LogP contribution < -0.4 is 4.90 Å². The zero-order chi connectivity index (χ0) is 13.9. The van der Waals surface area contributed by atoms with Crippen molar-refractivity contribution in [3.05, 3.63) is 28.2 Å². The number of hydrogen-bond donors (Lipinski definition) is 0. The molecule has 6 heteroatoms. The molecular weight excluding hydrogens is 311 g/mol.